The van der Waals surface area contributed by atoms with Gasteiger partial charge in [-0.3, -0.25) is 9.59 Å². The van der Waals surface area contributed by atoms with Gasteiger partial charge in [-0.15, -0.1) is 0 Å². The first-order valence-electron chi connectivity index (χ1n) is 21.4. The number of carbonyl (C=O) groups excluding carboxylic acids is 2. The van der Waals surface area contributed by atoms with Crippen LogP contribution in [0.1, 0.15) is 206 Å². The Bertz CT molecular complexity index is 660. The summed E-state index contributed by atoms with van der Waals surface area (Å²) < 4.78 is 18.3. The van der Waals surface area contributed by atoms with Gasteiger partial charge in [-0.1, -0.05) is 181 Å². The summed E-state index contributed by atoms with van der Waals surface area (Å²) in [7, 11) is 0. The molecule has 0 fully saturated rings. The zero-order valence-electron chi connectivity index (χ0n) is 34.6. The number of unbranched alkanes of at least 4 members (excludes halogenated alkanes) is 26. The molecule has 4 N–H and O–H groups in total. The number of rotatable bonds is 38. The molecule has 0 aliphatic heterocycles. The van der Waals surface area contributed by atoms with Crippen LogP contribution in [0.5, 0.6) is 0 Å². The molecule has 0 rings (SSSR count). The number of hydrogen-bond donors (Lipinski definition) is 2. The van der Waals surface area contributed by atoms with Crippen LogP contribution in [-0.2, 0) is 31.6 Å². The molecule has 0 aliphatic carbocycles. The van der Waals surface area contributed by atoms with Crippen molar-refractivity contribution in [1.29, 1.82) is 0 Å². The molecule has 0 amide bonds. The first-order valence-corrected chi connectivity index (χ1v) is 24.6. The van der Waals surface area contributed by atoms with Gasteiger partial charge in [0.15, 0.2) is 12.5 Å². The molecule has 11 heteroatoms. The molecule has 7 nitrogen and oxygen atoms in total. The Hall–Kier alpha value is 0.580. The summed E-state index contributed by atoms with van der Waals surface area (Å²) in [5, 5.41) is 0. The summed E-state index contributed by atoms with van der Waals surface area (Å²) in [5.41, 5.74) is 11.6. The van der Waals surface area contributed by atoms with Crippen LogP contribution in [-0.4, -0.2) is 95.0 Å². The van der Waals surface area contributed by atoms with E-state index in [0.29, 0.717) is 26.1 Å². The summed E-state index contributed by atoms with van der Waals surface area (Å²) >= 11 is 6.25. The van der Waals surface area contributed by atoms with Crippen LogP contribution in [0, 0.1) is 0 Å². The molecular formula is C42H87N2NaO5S3. The van der Waals surface area contributed by atoms with E-state index in [9.17, 15) is 9.59 Å². The SMILES string of the molecule is CCCCCCCCCCCCCCCCOC(=O)[C@@H](N)CCSC.CCCCCCCCCCCCCCCCOC(=O)[C@@H](N)CCSC.O=S.[NaH]. The minimum absolute atomic E-state index is 0. The molecule has 2 atom stereocenters. The van der Waals surface area contributed by atoms with Gasteiger partial charge in [-0.05, 0) is 49.7 Å². The first-order chi connectivity index (χ1) is 25.4. The maximum absolute atomic E-state index is 11.6. The van der Waals surface area contributed by atoms with E-state index in [1.165, 1.54) is 154 Å². The average Bonchev–Trinajstić information content (AvgIpc) is 3.16. The van der Waals surface area contributed by atoms with Crippen molar-refractivity contribution in [3.8, 4) is 0 Å². The molecule has 0 spiro atoms. The van der Waals surface area contributed by atoms with Crippen molar-refractivity contribution in [1.82, 2.24) is 0 Å². The normalized spacial score (nSPS) is 11.7. The predicted molar refractivity (Wildman–Crippen MR) is 240 cm³/mol. The van der Waals surface area contributed by atoms with Crippen molar-refractivity contribution in [2.24, 2.45) is 11.5 Å². The number of carbonyl (C=O) groups is 2. The Balaban J connectivity index is -0.000000425. The number of thioether (sulfide) groups is 2. The second kappa shape index (κ2) is 54.7. The van der Waals surface area contributed by atoms with E-state index in [1.54, 1.807) is 23.5 Å². The monoisotopic (exact) mass is 819 g/mol. The number of hydrogen-bond acceptors (Lipinski definition) is 10. The van der Waals surface area contributed by atoms with E-state index in [2.05, 4.69) is 26.4 Å². The molecule has 0 radical (unpaired) electrons. The molecule has 0 unspecified atom stereocenters. The van der Waals surface area contributed by atoms with Crippen molar-refractivity contribution in [2.75, 3.05) is 37.2 Å². The van der Waals surface area contributed by atoms with Gasteiger partial charge < -0.3 is 20.9 Å². The van der Waals surface area contributed by atoms with Gasteiger partial charge in [-0.25, -0.2) is 0 Å². The summed E-state index contributed by atoms with van der Waals surface area (Å²) in [6, 6.07) is -0.891. The first kappa shape index (κ1) is 60.3. The van der Waals surface area contributed by atoms with Crippen molar-refractivity contribution in [2.45, 2.75) is 219 Å². The van der Waals surface area contributed by atoms with Crippen molar-refractivity contribution < 1.29 is 23.3 Å². The second-order valence-electron chi connectivity index (χ2n) is 14.3. The number of nitrogens with two attached hydrogens (primary N) is 2. The zero-order valence-corrected chi connectivity index (χ0v) is 37.1. The number of esters is 2. The van der Waals surface area contributed by atoms with E-state index < -0.39 is 12.1 Å². The summed E-state index contributed by atoms with van der Waals surface area (Å²) in [6.45, 7) is 5.61. The van der Waals surface area contributed by atoms with Crippen LogP contribution in [0.25, 0.3) is 0 Å². The third-order valence-corrected chi connectivity index (χ3v) is 10.6. The average molecular weight is 819 g/mol. The summed E-state index contributed by atoms with van der Waals surface area (Å²) in [6.07, 6.45) is 42.9. The van der Waals surface area contributed by atoms with Gasteiger partial charge in [0.25, 0.3) is 0 Å². The molecule has 0 saturated carbocycles. The van der Waals surface area contributed by atoms with Gasteiger partial charge in [-0.2, -0.15) is 27.7 Å². The Labute approximate surface area is 365 Å². The third kappa shape index (κ3) is 52.6. The van der Waals surface area contributed by atoms with Gasteiger partial charge in [0, 0.05) is 0 Å². The standard InChI is InChI=1S/2C21H43NO2S.Na.OS.H/c2*1-3-4-5-6-7-8-9-10-11-12-13-14-15-16-18-24-21(23)20(22)17-19-25-2;;1-2;/h2*20H,3-19,22H2,1-2H3;;;/t2*20-;;;/m00.../s1. The van der Waals surface area contributed by atoms with Crippen molar-refractivity contribution in [3.05, 3.63) is 0 Å². The molecule has 0 saturated heterocycles. The fraction of sp³-hybridized carbons (Fsp3) is 0.952. The van der Waals surface area contributed by atoms with E-state index >= 15 is 0 Å². The topological polar surface area (TPSA) is 122 Å². The molecular weight excluding hydrogens is 732 g/mol. The molecule has 314 valence electrons. The molecule has 0 heterocycles. The Morgan fingerprint density at radius 3 is 0.868 bits per heavy atom. The van der Waals surface area contributed by atoms with Crippen LogP contribution in [0.3, 0.4) is 0 Å². The van der Waals surface area contributed by atoms with Crippen molar-refractivity contribution >= 4 is 77.6 Å². The molecule has 53 heavy (non-hydrogen) atoms. The predicted octanol–water partition coefficient (Wildman–Crippen LogP) is 11.2. The van der Waals surface area contributed by atoms with Crippen LogP contribution in [0.15, 0.2) is 0 Å². The summed E-state index contributed by atoms with van der Waals surface area (Å²) in [5.74, 6) is 1.36. The number of ether oxygens (including phenoxy) is 2. The fourth-order valence-electron chi connectivity index (χ4n) is 5.88. The maximum atomic E-state index is 11.6. The van der Waals surface area contributed by atoms with Crippen LogP contribution >= 0.6 is 23.5 Å². The third-order valence-electron chi connectivity index (χ3n) is 9.36. The van der Waals surface area contributed by atoms with Crippen LogP contribution in [0.2, 0.25) is 0 Å². The van der Waals surface area contributed by atoms with Crippen LogP contribution < -0.4 is 11.5 Å². The van der Waals surface area contributed by atoms with Gasteiger partial charge in [0.05, 0.1) is 13.2 Å². The Kier molecular flexibility index (Phi) is 62.2. The minimum atomic E-state index is -0.445. The van der Waals surface area contributed by atoms with Gasteiger partial charge in [0.1, 0.15) is 12.1 Å². The van der Waals surface area contributed by atoms with Gasteiger partial charge >= 0.3 is 41.5 Å². The zero-order chi connectivity index (χ0) is 39.2. The van der Waals surface area contributed by atoms with E-state index in [-0.39, 0.29) is 41.5 Å². The van der Waals surface area contributed by atoms with Crippen molar-refractivity contribution in [3.63, 3.8) is 0 Å². The van der Waals surface area contributed by atoms with E-state index in [0.717, 1.165) is 37.2 Å². The Morgan fingerprint density at radius 2 is 0.660 bits per heavy atom. The van der Waals surface area contributed by atoms with E-state index in [1.807, 2.05) is 12.5 Å². The fourth-order valence-corrected chi connectivity index (χ4v) is 6.86. The molecule has 0 aliphatic rings. The molecule has 0 aromatic carbocycles. The quantitative estimate of drug-likeness (QED) is 0.0354. The second-order valence-corrected chi connectivity index (χ2v) is 16.3. The molecule has 0 aromatic heterocycles. The molecule has 0 bridgehead atoms. The Morgan fingerprint density at radius 1 is 0.453 bits per heavy atom. The van der Waals surface area contributed by atoms with Crippen LogP contribution in [0.4, 0.5) is 0 Å². The van der Waals surface area contributed by atoms with E-state index in [4.69, 9.17) is 25.1 Å². The van der Waals surface area contributed by atoms with Gasteiger partial charge in [0.2, 0.25) is 0 Å². The molecule has 0 aromatic rings. The summed E-state index contributed by atoms with van der Waals surface area (Å²) in [4.78, 5) is 23.3.